The van der Waals surface area contributed by atoms with E-state index in [2.05, 4.69) is 57.0 Å². The van der Waals surface area contributed by atoms with Crippen LogP contribution in [0, 0.1) is 0 Å². The maximum absolute atomic E-state index is 5.63. The fourth-order valence-corrected chi connectivity index (χ4v) is 3.32. The van der Waals surface area contributed by atoms with Crippen molar-refractivity contribution in [2.75, 3.05) is 6.54 Å². The van der Waals surface area contributed by atoms with E-state index in [1.807, 2.05) is 0 Å². The topological polar surface area (TPSA) is 38.0 Å². The first kappa shape index (κ1) is 13.7. The highest BCUT2D eigenvalue weighted by molar-refractivity contribution is 9.10. The molecule has 0 spiro atoms. The van der Waals surface area contributed by atoms with Gasteiger partial charge in [0.05, 0.1) is 0 Å². The molecule has 0 atom stereocenters. The zero-order chi connectivity index (χ0) is 12.8. The van der Waals surface area contributed by atoms with Gasteiger partial charge in [-0.1, -0.05) is 24.3 Å². The zero-order valence-corrected chi connectivity index (χ0v) is 12.6. The molecule has 0 aliphatic carbocycles. The third-order valence-corrected chi connectivity index (χ3v) is 4.47. The minimum Gasteiger partial charge on any atom is -0.330 e. The van der Waals surface area contributed by atoms with E-state index >= 15 is 0 Å². The standard InChI is InChI=1S/C14H17BrN2S/c15-13-7-14(18-10-13)9-17-8-12-4-2-1-3-11(12)5-6-16/h1-4,7,10,17H,5-6,8-9,16H2. The summed E-state index contributed by atoms with van der Waals surface area (Å²) in [5.41, 5.74) is 8.32. The predicted octanol–water partition coefficient (Wildman–Crippen LogP) is 3.30. The Morgan fingerprint density at radius 3 is 2.61 bits per heavy atom. The Bertz CT molecular complexity index is 496. The molecule has 0 aliphatic rings. The van der Waals surface area contributed by atoms with Crippen molar-refractivity contribution >= 4 is 27.3 Å². The Morgan fingerprint density at radius 1 is 1.17 bits per heavy atom. The maximum atomic E-state index is 5.63. The van der Waals surface area contributed by atoms with Crippen LogP contribution in [0.3, 0.4) is 0 Å². The van der Waals surface area contributed by atoms with Gasteiger partial charge in [0, 0.05) is 27.8 Å². The summed E-state index contributed by atoms with van der Waals surface area (Å²) in [6.07, 6.45) is 0.947. The van der Waals surface area contributed by atoms with Crippen LogP contribution in [-0.2, 0) is 19.5 Å². The maximum Gasteiger partial charge on any atom is 0.0303 e. The highest BCUT2D eigenvalue weighted by Crippen LogP contribution is 2.19. The first-order valence-electron chi connectivity index (χ1n) is 6.00. The number of hydrogen-bond acceptors (Lipinski definition) is 3. The lowest BCUT2D eigenvalue weighted by Gasteiger charge is -2.09. The molecule has 2 aromatic rings. The first-order chi connectivity index (χ1) is 8.79. The van der Waals surface area contributed by atoms with Gasteiger partial charge >= 0.3 is 0 Å². The summed E-state index contributed by atoms with van der Waals surface area (Å²) in [4.78, 5) is 1.35. The predicted molar refractivity (Wildman–Crippen MR) is 81.8 cm³/mol. The molecule has 0 aliphatic heterocycles. The number of nitrogens with two attached hydrogens (primary N) is 1. The number of thiophene rings is 1. The van der Waals surface area contributed by atoms with Crippen LogP contribution in [0.25, 0.3) is 0 Å². The first-order valence-corrected chi connectivity index (χ1v) is 7.67. The smallest absolute Gasteiger partial charge is 0.0303 e. The van der Waals surface area contributed by atoms with Gasteiger partial charge in [-0.05, 0) is 46.1 Å². The van der Waals surface area contributed by atoms with Gasteiger partial charge < -0.3 is 11.1 Å². The number of halogens is 1. The van der Waals surface area contributed by atoms with Gasteiger partial charge in [-0.2, -0.15) is 0 Å². The van der Waals surface area contributed by atoms with Crippen molar-refractivity contribution in [2.45, 2.75) is 19.5 Å². The Kier molecular flexibility index (Phi) is 5.38. The van der Waals surface area contributed by atoms with Gasteiger partial charge in [0.2, 0.25) is 0 Å². The van der Waals surface area contributed by atoms with Crippen LogP contribution in [0.15, 0.2) is 40.2 Å². The van der Waals surface area contributed by atoms with Crippen LogP contribution in [0.1, 0.15) is 16.0 Å². The second kappa shape index (κ2) is 7.04. The molecule has 0 saturated carbocycles. The summed E-state index contributed by atoms with van der Waals surface area (Å²) < 4.78 is 1.16. The summed E-state index contributed by atoms with van der Waals surface area (Å²) >= 11 is 5.24. The van der Waals surface area contributed by atoms with Crippen molar-refractivity contribution in [1.82, 2.24) is 5.32 Å². The Hall–Kier alpha value is -0.680. The molecule has 2 nitrogen and oxygen atoms in total. The van der Waals surface area contributed by atoms with E-state index in [-0.39, 0.29) is 0 Å². The van der Waals surface area contributed by atoms with E-state index in [9.17, 15) is 0 Å². The molecule has 4 heteroatoms. The Labute approximate surface area is 120 Å². The lowest BCUT2D eigenvalue weighted by atomic mass is 10.0. The van der Waals surface area contributed by atoms with E-state index in [4.69, 9.17) is 5.73 Å². The van der Waals surface area contributed by atoms with Crippen LogP contribution >= 0.6 is 27.3 Å². The fraction of sp³-hybridized carbons (Fsp3) is 0.286. The molecule has 0 fully saturated rings. The van der Waals surface area contributed by atoms with Gasteiger partial charge in [-0.25, -0.2) is 0 Å². The monoisotopic (exact) mass is 324 g/mol. The van der Waals surface area contributed by atoms with Crippen molar-refractivity contribution < 1.29 is 0 Å². The minimum absolute atomic E-state index is 0.703. The molecular formula is C14H17BrN2S. The molecule has 1 heterocycles. The Balaban J connectivity index is 1.89. The molecule has 0 unspecified atom stereocenters. The van der Waals surface area contributed by atoms with Crippen LogP contribution in [0.2, 0.25) is 0 Å². The largest absolute Gasteiger partial charge is 0.330 e. The minimum atomic E-state index is 0.703. The van der Waals surface area contributed by atoms with Gasteiger partial charge in [-0.15, -0.1) is 11.3 Å². The van der Waals surface area contributed by atoms with Gasteiger partial charge in [0.25, 0.3) is 0 Å². The van der Waals surface area contributed by atoms with E-state index in [1.54, 1.807) is 11.3 Å². The molecule has 0 amide bonds. The molecule has 2 rings (SSSR count). The number of hydrogen-bond donors (Lipinski definition) is 2. The molecule has 18 heavy (non-hydrogen) atoms. The summed E-state index contributed by atoms with van der Waals surface area (Å²) in [6.45, 7) is 2.51. The van der Waals surface area contributed by atoms with Gasteiger partial charge in [0.15, 0.2) is 0 Å². The van der Waals surface area contributed by atoms with Crippen LogP contribution < -0.4 is 11.1 Å². The van der Waals surface area contributed by atoms with Crippen molar-refractivity contribution in [2.24, 2.45) is 5.73 Å². The molecule has 3 N–H and O–H groups in total. The summed E-state index contributed by atoms with van der Waals surface area (Å²) in [7, 11) is 0. The van der Waals surface area contributed by atoms with E-state index in [0.29, 0.717) is 6.54 Å². The van der Waals surface area contributed by atoms with Crippen LogP contribution in [0.5, 0.6) is 0 Å². The highest BCUT2D eigenvalue weighted by Gasteiger charge is 2.01. The SMILES string of the molecule is NCCc1ccccc1CNCc1cc(Br)cs1. The zero-order valence-electron chi connectivity index (χ0n) is 10.2. The molecule has 0 bridgehead atoms. The van der Waals surface area contributed by atoms with Crippen molar-refractivity contribution in [3.63, 3.8) is 0 Å². The quantitative estimate of drug-likeness (QED) is 0.855. The number of benzene rings is 1. The second-order valence-corrected chi connectivity index (χ2v) is 6.05. The molecule has 1 aromatic carbocycles. The fourth-order valence-electron chi connectivity index (χ4n) is 1.90. The van der Waals surface area contributed by atoms with Crippen molar-refractivity contribution in [3.8, 4) is 0 Å². The van der Waals surface area contributed by atoms with Crippen LogP contribution in [-0.4, -0.2) is 6.54 Å². The van der Waals surface area contributed by atoms with Crippen molar-refractivity contribution in [1.29, 1.82) is 0 Å². The Morgan fingerprint density at radius 2 is 1.94 bits per heavy atom. The normalized spacial score (nSPS) is 10.8. The number of nitrogens with one attached hydrogen (secondary N) is 1. The third-order valence-electron chi connectivity index (χ3n) is 2.77. The van der Waals surface area contributed by atoms with E-state index in [0.717, 1.165) is 24.0 Å². The molecule has 0 radical (unpaired) electrons. The second-order valence-electron chi connectivity index (χ2n) is 4.14. The highest BCUT2D eigenvalue weighted by atomic mass is 79.9. The molecule has 96 valence electrons. The lowest BCUT2D eigenvalue weighted by molar-refractivity contribution is 0.694. The van der Waals surface area contributed by atoms with Gasteiger partial charge in [0.1, 0.15) is 0 Å². The molecule has 1 aromatic heterocycles. The van der Waals surface area contributed by atoms with Crippen molar-refractivity contribution in [3.05, 3.63) is 56.2 Å². The third kappa shape index (κ3) is 3.92. The van der Waals surface area contributed by atoms with Crippen LogP contribution in [0.4, 0.5) is 0 Å². The van der Waals surface area contributed by atoms with Gasteiger partial charge in [-0.3, -0.25) is 0 Å². The number of rotatable bonds is 6. The molecular weight excluding hydrogens is 308 g/mol. The average molecular weight is 325 g/mol. The average Bonchev–Trinajstić information content (AvgIpc) is 2.78. The summed E-state index contributed by atoms with van der Waals surface area (Å²) in [5, 5.41) is 5.59. The molecule has 0 saturated heterocycles. The van der Waals surface area contributed by atoms with E-state index < -0.39 is 0 Å². The summed E-state index contributed by atoms with van der Waals surface area (Å²) in [5.74, 6) is 0. The lowest BCUT2D eigenvalue weighted by Crippen LogP contribution is -2.14. The summed E-state index contributed by atoms with van der Waals surface area (Å²) in [6, 6.07) is 10.6. The van der Waals surface area contributed by atoms with E-state index in [1.165, 1.54) is 16.0 Å².